The average Bonchev–Trinajstić information content (AvgIpc) is 2.88. The van der Waals surface area contributed by atoms with E-state index < -0.39 is 0 Å². The Morgan fingerprint density at radius 2 is 1.40 bits per heavy atom. The standard InChI is InChI=1S/C14H16O/c15-14-11-7-3-6-4-1-2-5(7)8(11)9(4)12-10(6)13(12)14/h1-2,4-15H,3H2/t4?,5?,6?,7?,8?,9?,10?,11?,12?,13?,14-/m0/s1. The summed E-state index contributed by atoms with van der Waals surface area (Å²) in [6.45, 7) is 0. The van der Waals surface area contributed by atoms with Crippen LogP contribution in [0.2, 0.25) is 0 Å². The van der Waals surface area contributed by atoms with Gasteiger partial charge in [-0.25, -0.2) is 0 Å². The first-order valence-electron chi connectivity index (χ1n) is 6.74. The Labute approximate surface area is 89.6 Å². The molecule has 6 saturated carbocycles. The first kappa shape index (κ1) is 7.11. The predicted octanol–water partition coefficient (Wildman–Crippen LogP) is 1.54. The highest BCUT2D eigenvalue weighted by Gasteiger charge is 2.81. The second kappa shape index (κ2) is 1.73. The molecule has 8 bridgehead atoms. The molecule has 0 heterocycles. The van der Waals surface area contributed by atoms with Gasteiger partial charge in [0, 0.05) is 0 Å². The molecular weight excluding hydrogens is 184 g/mol. The van der Waals surface area contributed by atoms with E-state index in [9.17, 15) is 5.11 Å². The molecule has 0 aromatic heterocycles. The molecule has 1 N–H and O–H groups in total. The van der Waals surface area contributed by atoms with E-state index in [4.69, 9.17) is 0 Å². The highest BCUT2D eigenvalue weighted by atomic mass is 16.3. The molecule has 1 heteroatoms. The number of rotatable bonds is 0. The molecule has 8 aliphatic rings. The Morgan fingerprint density at radius 1 is 0.733 bits per heavy atom. The molecule has 0 aromatic carbocycles. The summed E-state index contributed by atoms with van der Waals surface area (Å²) in [6.07, 6.45) is 6.69. The molecule has 8 rings (SSSR count). The summed E-state index contributed by atoms with van der Waals surface area (Å²) in [5.74, 6) is 9.05. The van der Waals surface area contributed by atoms with Crippen LogP contribution in [0.25, 0.3) is 0 Å². The van der Waals surface area contributed by atoms with Crippen LogP contribution < -0.4 is 0 Å². The maximum absolute atomic E-state index is 10.4. The zero-order chi connectivity index (χ0) is 9.47. The van der Waals surface area contributed by atoms with Gasteiger partial charge in [-0.2, -0.15) is 0 Å². The molecular formula is C14H16O. The summed E-state index contributed by atoms with van der Waals surface area (Å²) in [6, 6.07) is 0. The van der Waals surface area contributed by atoms with Crippen molar-refractivity contribution in [3.8, 4) is 0 Å². The summed E-state index contributed by atoms with van der Waals surface area (Å²) in [5, 5.41) is 10.4. The maximum Gasteiger partial charge on any atom is 0.0608 e. The molecule has 0 aromatic rings. The molecule has 10 unspecified atom stereocenters. The molecule has 0 spiro atoms. The zero-order valence-corrected chi connectivity index (χ0v) is 8.66. The van der Waals surface area contributed by atoms with Crippen molar-refractivity contribution in [1.29, 1.82) is 0 Å². The topological polar surface area (TPSA) is 20.2 Å². The number of aliphatic hydroxyl groups is 1. The van der Waals surface area contributed by atoms with Gasteiger partial charge in [0.05, 0.1) is 6.10 Å². The Bertz CT molecular complexity index is 410. The van der Waals surface area contributed by atoms with Crippen molar-refractivity contribution >= 4 is 0 Å². The Morgan fingerprint density at radius 3 is 2.20 bits per heavy atom. The van der Waals surface area contributed by atoms with Crippen molar-refractivity contribution < 1.29 is 5.11 Å². The third kappa shape index (κ3) is 0.477. The van der Waals surface area contributed by atoms with E-state index in [1.54, 1.807) is 0 Å². The third-order valence-electron chi connectivity index (χ3n) is 7.28. The van der Waals surface area contributed by atoms with Crippen molar-refractivity contribution in [2.75, 3.05) is 0 Å². The first-order chi connectivity index (χ1) is 7.38. The van der Waals surface area contributed by atoms with E-state index in [0.29, 0.717) is 0 Å². The fraction of sp³-hybridized carbons (Fsp3) is 0.857. The van der Waals surface area contributed by atoms with Gasteiger partial charge in [-0.05, 0) is 65.6 Å². The molecule has 8 aliphatic carbocycles. The van der Waals surface area contributed by atoms with Gasteiger partial charge in [0.15, 0.2) is 0 Å². The average molecular weight is 200 g/mol. The highest BCUT2D eigenvalue weighted by Crippen LogP contribution is 2.83. The monoisotopic (exact) mass is 200 g/mol. The number of hydrogen-bond acceptors (Lipinski definition) is 1. The number of aliphatic hydroxyl groups excluding tert-OH is 1. The first-order valence-corrected chi connectivity index (χ1v) is 6.74. The van der Waals surface area contributed by atoms with Crippen LogP contribution in [0.3, 0.4) is 0 Å². The molecule has 0 aliphatic heterocycles. The second-order valence-corrected chi connectivity index (χ2v) is 7.06. The number of hydrogen-bond donors (Lipinski definition) is 1. The maximum atomic E-state index is 10.4. The van der Waals surface area contributed by atoms with Crippen LogP contribution >= 0.6 is 0 Å². The summed E-state index contributed by atoms with van der Waals surface area (Å²) < 4.78 is 0. The van der Waals surface area contributed by atoms with Crippen molar-refractivity contribution in [1.82, 2.24) is 0 Å². The summed E-state index contributed by atoms with van der Waals surface area (Å²) in [7, 11) is 0. The third-order valence-corrected chi connectivity index (χ3v) is 7.28. The fourth-order valence-corrected chi connectivity index (χ4v) is 7.17. The highest BCUT2D eigenvalue weighted by molar-refractivity contribution is 5.34. The largest absolute Gasteiger partial charge is 0.393 e. The van der Waals surface area contributed by atoms with Crippen LogP contribution in [-0.4, -0.2) is 11.2 Å². The van der Waals surface area contributed by atoms with Gasteiger partial charge >= 0.3 is 0 Å². The van der Waals surface area contributed by atoms with Crippen molar-refractivity contribution in [3.63, 3.8) is 0 Å². The fourth-order valence-electron chi connectivity index (χ4n) is 7.17. The smallest absolute Gasteiger partial charge is 0.0608 e. The summed E-state index contributed by atoms with van der Waals surface area (Å²) in [5.41, 5.74) is 0. The lowest BCUT2D eigenvalue weighted by molar-refractivity contribution is -0.138. The van der Waals surface area contributed by atoms with E-state index in [0.717, 1.165) is 59.2 Å². The van der Waals surface area contributed by atoms with Gasteiger partial charge < -0.3 is 5.11 Å². The summed E-state index contributed by atoms with van der Waals surface area (Å²) >= 11 is 0. The van der Waals surface area contributed by atoms with Gasteiger partial charge in [0.1, 0.15) is 0 Å². The lowest BCUT2D eigenvalue weighted by atomic mass is 9.46. The minimum absolute atomic E-state index is 0.111. The van der Waals surface area contributed by atoms with E-state index in [1.807, 2.05) is 0 Å². The Kier molecular flexibility index (Phi) is 0.822. The molecule has 15 heavy (non-hydrogen) atoms. The number of allylic oxidation sites excluding steroid dienone is 2. The SMILES string of the molecule is O[C@H]1C2C3CC4C5C=CC3C2C5C2C4C21. The normalized spacial score (nSPS) is 83.1. The van der Waals surface area contributed by atoms with E-state index >= 15 is 0 Å². The van der Waals surface area contributed by atoms with Crippen LogP contribution in [0.15, 0.2) is 12.2 Å². The van der Waals surface area contributed by atoms with E-state index in [1.165, 1.54) is 6.42 Å². The zero-order valence-electron chi connectivity index (χ0n) is 8.66. The van der Waals surface area contributed by atoms with Crippen molar-refractivity contribution in [2.24, 2.45) is 59.2 Å². The predicted molar refractivity (Wildman–Crippen MR) is 54.7 cm³/mol. The van der Waals surface area contributed by atoms with Crippen LogP contribution in [0.1, 0.15) is 6.42 Å². The van der Waals surface area contributed by atoms with Gasteiger partial charge in [-0.3, -0.25) is 0 Å². The van der Waals surface area contributed by atoms with Crippen molar-refractivity contribution in [3.05, 3.63) is 12.2 Å². The van der Waals surface area contributed by atoms with Crippen LogP contribution in [0.4, 0.5) is 0 Å². The molecule has 6 fully saturated rings. The van der Waals surface area contributed by atoms with Crippen LogP contribution in [0.5, 0.6) is 0 Å². The molecule has 0 amide bonds. The van der Waals surface area contributed by atoms with Gasteiger partial charge in [-0.1, -0.05) is 12.2 Å². The molecule has 0 saturated heterocycles. The van der Waals surface area contributed by atoms with Crippen LogP contribution in [-0.2, 0) is 0 Å². The van der Waals surface area contributed by atoms with Crippen molar-refractivity contribution in [2.45, 2.75) is 12.5 Å². The Balaban J connectivity index is 1.70. The molecule has 0 radical (unpaired) electrons. The Hall–Kier alpha value is -0.300. The lowest BCUT2D eigenvalue weighted by Gasteiger charge is -2.59. The second-order valence-electron chi connectivity index (χ2n) is 7.06. The minimum atomic E-state index is 0.111. The lowest BCUT2D eigenvalue weighted by Crippen LogP contribution is -2.58. The molecule has 1 nitrogen and oxygen atoms in total. The quantitative estimate of drug-likeness (QED) is 0.588. The van der Waals surface area contributed by atoms with Gasteiger partial charge in [0.2, 0.25) is 0 Å². The van der Waals surface area contributed by atoms with E-state index in [2.05, 4.69) is 12.2 Å². The van der Waals surface area contributed by atoms with Gasteiger partial charge in [-0.15, -0.1) is 0 Å². The van der Waals surface area contributed by atoms with Crippen LogP contribution in [0, 0.1) is 59.2 Å². The van der Waals surface area contributed by atoms with Gasteiger partial charge in [0.25, 0.3) is 0 Å². The van der Waals surface area contributed by atoms with E-state index in [-0.39, 0.29) is 6.10 Å². The minimum Gasteiger partial charge on any atom is -0.393 e. The molecule has 11 atom stereocenters. The molecule has 78 valence electrons. The summed E-state index contributed by atoms with van der Waals surface area (Å²) in [4.78, 5) is 0.